The van der Waals surface area contributed by atoms with Gasteiger partial charge in [0.25, 0.3) is 5.91 Å². The van der Waals surface area contributed by atoms with Crippen molar-refractivity contribution in [1.29, 1.82) is 0 Å². The molecular weight excluding hydrogens is 360 g/mol. The molecule has 0 spiro atoms. The number of nitrogens with zero attached hydrogens (tertiary/aromatic N) is 1. The Morgan fingerprint density at radius 3 is 2.68 bits per heavy atom. The van der Waals surface area contributed by atoms with Crippen molar-refractivity contribution in [3.8, 4) is 5.75 Å². The minimum Gasteiger partial charge on any atom is -0.481 e. The quantitative estimate of drug-likeness (QED) is 0.730. The second kappa shape index (κ2) is 7.29. The topological polar surface area (TPSA) is 60.3 Å². The first-order valence-electron chi connectivity index (χ1n) is 7.80. The van der Waals surface area contributed by atoms with E-state index in [4.69, 9.17) is 16.3 Å². The maximum atomic E-state index is 12.5. The standard InChI is InChI=1S/C18H17ClN2O3S/c1-3-15(24-13-7-4-11(19)5-8-13)17(22)20-12-6-9-14-16(10-12)25-18(23)21(14)2/h4-10,15H,3H2,1-2H3,(H,20,22). The number of anilines is 1. The molecule has 0 radical (unpaired) electrons. The van der Waals surface area contributed by atoms with Gasteiger partial charge in [-0.15, -0.1) is 0 Å². The van der Waals surface area contributed by atoms with Gasteiger partial charge in [0.05, 0.1) is 10.2 Å². The number of fused-ring (bicyclic) bond motifs is 1. The van der Waals surface area contributed by atoms with Gasteiger partial charge in [-0.05, 0) is 48.9 Å². The van der Waals surface area contributed by atoms with E-state index in [1.54, 1.807) is 48.0 Å². The van der Waals surface area contributed by atoms with Crippen molar-refractivity contribution >= 4 is 44.7 Å². The van der Waals surface area contributed by atoms with Gasteiger partial charge >= 0.3 is 4.87 Å². The molecule has 1 unspecified atom stereocenters. The molecule has 0 fully saturated rings. The lowest BCUT2D eigenvalue weighted by atomic mass is 10.2. The summed E-state index contributed by atoms with van der Waals surface area (Å²) in [5.74, 6) is 0.350. The summed E-state index contributed by atoms with van der Waals surface area (Å²) < 4.78 is 8.16. The van der Waals surface area contributed by atoms with E-state index in [0.29, 0.717) is 22.9 Å². The summed E-state index contributed by atoms with van der Waals surface area (Å²) in [6, 6.07) is 12.3. The van der Waals surface area contributed by atoms with Gasteiger partial charge in [0, 0.05) is 17.8 Å². The second-order valence-electron chi connectivity index (χ2n) is 5.57. The number of nitrogens with one attached hydrogen (secondary N) is 1. The number of carbonyl (C=O) groups is 1. The van der Waals surface area contributed by atoms with Crippen LogP contribution in [0.15, 0.2) is 47.3 Å². The number of ether oxygens (including phenoxy) is 1. The summed E-state index contributed by atoms with van der Waals surface area (Å²) >= 11 is 7.01. The van der Waals surface area contributed by atoms with Crippen LogP contribution in [0.25, 0.3) is 10.2 Å². The number of amides is 1. The minimum atomic E-state index is -0.619. The molecule has 1 amide bonds. The zero-order valence-corrected chi connectivity index (χ0v) is 15.4. The third-order valence-corrected chi connectivity index (χ3v) is 5.06. The van der Waals surface area contributed by atoms with Crippen molar-refractivity contribution in [2.24, 2.45) is 7.05 Å². The Hall–Kier alpha value is -2.31. The van der Waals surface area contributed by atoms with Gasteiger partial charge in [0.2, 0.25) is 0 Å². The van der Waals surface area contributed by atoms with Crippen LogP contribution in [0.2, 0.25) is 5.02 Å². The first kappa shape index (κ1) is 17.5. The van der Waals surface area contributed by atoms with Crippen LogP contribution in [0.1, 0.15) is 13.3 Å². The lowest BCUT2D eigenvalue weighted by Crippen LogP contribution is -2.32. The summed E-state index contributed by atoms with van der Waals surface area (Å²) in [4.78, 5) is 24.2. The average Bonchev–Trinajstić information content (AvgIpc) is 2.88. The van der Waals surface area contributed by atoms with Gasteiger partial charge in [0.15, 0.2) is 6.10 Å². The fourth-order valence-electron chi connectivity index (χ4n) is 2.43. The Balaban J connectivity index is 1.75. The zero-order valence-electron chi connectivity index (χ0n) is 13.8. The molecule has 0 saturated carbocycles. The number of aromatic nitrogens is 1. The van der Waals surface area contributed by atoms with E-state index in [1.165, 1.54) is 0 Å². The van der Waals surface area contributed by atoms with Crippen LogP contribution < -0.4 is 14.9 Å². The van der Waals surface area contributed by atoms with Crippen LogP contribution >= 0.6 is 22.9 Å². The van der Waals surface area contributed by atoms with E-state index in [9.17, 15) is 9.59 Å². The van der Waals surface area contributed by atoms with Crippen molar-refractivity contribution in [2.75, 3.05) is 5.32 Å². The summed E-state index contributed by atoms with van der Waals surface area (Å²) in [7, 11) is 1.73. The number of carbonyl (C=O) groups excluding carboxylic acids is 1. The molecule has 0 aliphatic heterocycles. The molecular formula is C18H17ClN2O3S. The monoisotopic (exact) mass is 376 g/mol. The number of aryl methyl sites for hydroxylation is 1. The lowest BCUT2D eigenvalue weighted by molar-refractivity contribution is -0.122. The number of hydrogen-bond donors (Lipinski definition) is 1. The van der Waals surface area contributed by atoms with Crippen LogP contribution in [-0.2, 0) is 11.8 Å². The molecule has 1 heterocycles. The lowest BCUT2D eigenvalue weighted by Gasteiger charge is -2.17. The summed E-state index contributed by atoms with van der Waals surface area (Å²) in [5, 5.41) is 3.46. The Morgan fingerprint density at radius 1 is 1.28 bits per heavy atom. The van der Waals surface area contributed by atoms with Gasteiger partial charge in [-0.2, -0.15) is 0 Å². The Labute approximate surface area is 153 Å². The van der Waals surface area contributed by atoms with E-state index in [-0.39, 0.29) is 10.8 Å². The first-order valence-corrected chi connectivity index (χ1v) is 9.00. The van der Waals surface area contributed by atoms with E-state index >= 15 is 0 Å². The van der Waals surface area contributed by atoms with Gasteiger partial charge in [-0.25, -0.2) is 0 Å². The highest BCUT2D eigenvalue weighted by atomic mass is 35.5. The first-order chi connectivity index (χ1) is 12.0. The van der Waals surface area contributed by atoms with Crippen LogP contribution in [0.4, 0.5) is 5.69 Å². The summed E-state index contributed by atoms with van der Waals surface area (Å²) in [6.07, 6.45) is -0.0959. The molecule has 130 valence electrons. The van der Waals surface area contributed by atoms with Crippen molar-refractivity contribution in [1.82, 2.24) is 4.57 Å². The second-order valence-corrected chi connectivity index (χ2v) is 7.00. The summed E-state index contributed by atoms with van der Waals surface area (Å²) in [5.41, 5.74) is 1.48. The highest BCUT2D eigenvalue weighted by molar-refractivity contribution is 7.16. The average molecular weight is 377 g/mol. The molecule has 0 saturated heterocycles. The highest BCUT2D eigenvalue weighted by Crippen LogP contribution is 2.22. The molecule has 3 aromatic rings. The number of benzene rings is 2. The minimum absolute atomic E-state index is 0.0315. The van der Waals surface area contributed by atoms with Crippen molar-refractivity contribution < 1.29 is 9.53 Å². The van der Waals surface area contributed by atoms with Gasteiger partial charge in [-0.1, -0.05) is 29.9 Å². The SMILES string of the molecule is CCC(Oc1ccc(Cl)cc1)C(=O)Nc1ccc2c(c1)sc(=O)n2C. The molecule has 2 aromatic carbocycles. The molecule has 1 N–H and O–H groups in total. The van der Waals surface area contributed by atoms with E-state index in [1.807, 2.05) is 13.0 Å². The number of halogens is 1. The Morgan fingerprint density at radius 2 is 2.00 bits per heavy atom. The molecule has 5 nitrogen and oxygen atoms in total. The van der Waals surface area contributed by atoms with Crippen LogP contribution in [0, 0.1) is 0 Å². The van der Waals surface area contributed by atoms with Gasteiger partial charge < -0.3 is 14.6 Å². The van der Waals surface area contributed by atoms with Crippen LogP contribution in [0.5, 0.6) is 5.75 Å². The van der Waals surface area contributed by atoms with Gasteiger partial charge in [0.1, 0.15) is 5.75 Å². The molecule has 1 aromatic heterocycles. The largest absolute Gasteiger partial charge is 0.481 e. The highest BCUT2D eigenvalue weighted by Gasteiger charge is 2.19. The fourth-order valence-corrected chi connectivity index (χ4v) is 3.48. The Bertz CT molecular complexity index is 963. The van der Waals surface area contributed by atoms with E-state index in [0.717, 1.165) is 21.6 Å². The predicted octanol–water partition coefficient (Wildman–Crippen LogP) is 4.05. The molecule has 1 atom stereocenters. The molecule has 0 aliphatic rings. The van der Waals surface area contributed by atoms with E-state index < -0.39 is 6.10 Å². The van der Waals surface area contributed by atoms with Crippen molar-refractivity contribution in [2.45, 2.75) is 19.4 Å². The van der Waals surface area contributed by atoms with Gasteiger partial charge in [-0.3, -0.25) is 9.59 Å². The summed E-state index contributed by atoms with van der Waals surface area (Å²) in [6.45, 7) is 1.88. The van der Waals surface area contributed by atoms with Crippen molar-refractivity contribution in [3.63, 3.8) is 0 Å². The maximum Gasteiger partial charge on any atom is 0.307 e. The smallest absolute Gasteiger partial charge is 0.307 e. The normalized spacial score (nSPS) is 12.1. The third-order valence-electron chi connectivity index (χ3n) is 3.82. The number of hydrogen-bond acceptors (Lipinski definition) is 4. The maximum absolute atomic E-state index is 12.5. The number of thiazole rings is 1. The zero-order chi connectivity index (χ0) is 18.0. The molecule has 25 heavy (non-hydrogen) atoms. The molecule has 7 heteroatoms. The molecule has 0 aliphatic carbocycles. The number of rotatable bonds is 5. The molecule has 0 bridgehead atoms. The van der Waals surface area contributed by atoms with Crippen LogP contribution in [-0.4, -0.2) is 16.6 Å². The van der Waals surface area contributed by atoms with Crippen LogP contribution in [0.3, 0.4) is 0 Å². The van der Waals surface area contributed by atoms with Crippen molar-refractivity contribution in [3.05, 3.63) is 57.2 Å². The Kier molecular flexibility index (Phi) is 5.11. The predicted molar refractivity (Wildman–Crippen MR) is 102 cm³/mol. The molecule has 3 rings (SSSR count). The third kappa shape index (κ3) is 3.86. The van der Waals surface area contributed by atoms with E-state index in [2.05, 4.69) is 5.32 Å². The fraction of sp³-hybridized carbons (Fsp3) is 0.222.